The maximum atomic E-state index is 12.5. The molecule has 0 aromatic heterocycles. The molecule has 2 fully saturated rings. The molecule has 3 atom stereocenters. The first-order valence-corrected chi connectivity index (χ1v) is 6.97. The minimum atomic E-state index is -4.03. The van der Waals surface area contributed by atoms with Gasteiger partial charge in [0, 0.05) is 19.2 Å². The summed E-state index contributed by atoms with van der Waals surface area (Å²) in [7, 11) is 0. The number of hydrogen-bond donors (Lipinski definition) is 1. The standard InChI is InChI=1S/C13H22F3NO/c14-13(15,16)10-6-7-11(17-9-10)3-1-4-12-5-2-8-18-12/h10-12,17H,1-9H2. The van der Waals surface area contributed by atoms with Crippen LogP contribution < -0.4 is 5.32 Å². The summed E-state index contributed by atoms with van der Waals surface area (Å²) in [6.45, 7) is 0.966. The summed E-state index contributed by atoms with van der Waals surface area (Å²) in [6.07, 6.45) is 2.68. The Morgan fingerprint density at radius 3 is 2.50 bits per heavy atom. The van der Waals surface area contributed by atoms with Crippen molar-refractivity contribution in [3.63, 3.8) is 0 Å². The molecule has 2 saturated heterocycles. The van der Waals surface area contributed by atoms with Gasteiger partial charge in [-0.15, -0.1) is 0 Å². The molecule has 2 aliphatic rings. The molecule has 2 rings (SSSR count). The second-order valence-electron chi connectivity index (χ2n) is 5.49. The molecule has 0 radical (unpaired) electrons. The number of ether oxygens (including phenoxy) is 1. The van der Waals surface area contributed by atoms with Crippen LogP contribution in [0.4, 0.5) is 13.2 Å². The topological polar surface area (TPSA) is 21.3 Å². The number of nitrogens with one attached hydrogen (secondary N) is 1. The van der Waals surface area contributed by atoms with E-state index in [-0.39, 0.29) is 19.0 Å². The van der Waals surface area contributed by atoms with Gasteiger partial charge < -0.3 is 10.1 Å². The molecule has 0 aliphatic carbocycles. The van der Waals surface area contributed by atoms with Crippen molar-refractivity contribution in [2.45, 2.75) is 63.3 Å². The first-order chi connectivity index (χ1) is 8.55. The van der Waals surface area contributed by atoms with E-state index in [9.17, 15) is 13.2 Å². The van der Waals surface area contributed by atoms with Gasteiger partial charge in [-0.05, 0) is 44.9 Å². The first kappa shape index (κ1) is 14.1. The van der Waals surface area contributed by atoms with Crippen molar-refractivity contribution in [1.29, 1.82) is 0 Å². The van der Waals surface area contributed by atoms with Crippen molar-refractivity contribution >= 4 is 0 Å². The van der Waals surface area contributed by atoms with Gasteiger partial charge in [-0.2, -0.15) is 13.2 Å². The fraction of sp³-hybridized carbons (Fsp3) is 1.00. The average molecular weight is 265 g/mol. The zero-order chi connectivity index (χ0) is 13.0. The molecule has 2 nitrogen and oxygen atoms in total. The lowest BCUT2D eigenvalue weighted by atomic mass is 9.91. The SMILES string of the molecule is FC(F)(F)C1CCC(CCCC2CCCO2)NC1. The van der Waals surface area contributed by atoms with Crippen LogP contribution in [0.1, 0.15) is 44.9 Å². The van der Waals surface area contributed by atoms with Gasteiger partial charge in [0.25, 0.3) is 0 Å². The highest BCUT2D eigenvalue weighted by atomic mass is 19.4. The molecule has 106 valence electrons. The summed E-state index contributed by atoms with van der Waals surface area (Å²) < 4.78 is 42.9. The van der Waals surface area contributed by atoms with E-state index in [1.165, 1.54) is 0 Å². The monoisotopic (exact) mass is 265 g/mol. The van der Waals surface area contributed by atoms with Crippen molar-refractivity contribution in [2.24, 2.45) is 5.92 Å². The number of piperidine rings is 1. The molecule has 0 aromatic rings. The van der Waals surface area contributed by atoms with Crippen LogP contribution >= 0.6 is 0 Å². The molecule has 2 heterocycles. The summed E-state index contributed by atoms with van der Waals surface area (Å²) in [4.78, 5) is 0. The number of halogens is 3. The van der Waals surface area contributed by atoms with Gasteiger partial charge in [-0.25, -0.2) is 0 Å². The summed E-state index contributed by atoms with van der Waals surface area (Å²) >= 11 is 0. The first-order valence-electron chi connectivity index (χ1n) is 6.97. The largest absolute Gasteiger partial charge is 0.393 e. The second kappa shape index (κ2) is 6.24. The Hall–Kier alpha value is -0.290. The third kappa shape index (κ3) is 4.12. The van der Waals surface area contributed by atoms with E-state index >= 15 is 0 Å². The van der Waals surface area contributed by atoms with E-state index in [0.717, 1.165) is 38.7 Å². The van der Waals surface area contributed by atoms with Crippen molar-refractivity contribution in [3.8, 4) is 0 Å². The highest BCUT2D eigenvalue weighted by Crippen LogP contribution is 2.32. The van der Waals surface area contributed by atoms with Gasteiger partial charge in [-0.3, -0.25) is 0 Å². The molecule has 0 amide bonds. The lowest BCUT2D eigenvalue weighted by molar-refractivity contribution is -0.179. The molecule has 0 bridgehead atoms. The summed E-state index contributed by atoms with van der Waals surface area (Å²) in [5, 5.41) is 3.04. The molecule has 0 saturated carbocycles. The third-order valence-electron chi connectivity index (χ3n) is 4.08. The van der Waals surface area contributed by atoms with Gasteiger partial charge in [0.05, 0.1) is 12.0 Å². The Labute approximate surface area is 106 Å². The van der Waals surface area contributed by atoms with Crippen LogP contribution in [0, 0.1) is 5.92 Å². The summed E-state index contributed by atoms with van der Waals surface area (Å²) in [5.74, 6) is -1.15. The van der Waals surface area contributed by atoms with Crippen LogP contribution in [0.2, 0.25) is 0 Å². The predicted octanol–water partition coefficient (Wildman–Crippen LogP) is 3.27. The Morgan fingerprint density at radius 1 is 1.11 bits per heavy atom. The molecule has 0 spiro atoms. The predicted molar refractivity (Wildman–Crippen MR) is 63.4 cm³/mol. The molecule has 1 N–H and O–H groups in total. The van der Waals surface area contributed by atoms with Gasteiger partial charge in [0.2, 0.25) is 0 Å². The highest BCUT2D eigenvalue weighted by Gasteiger charge is 2.41. The number of hydrogen-bond acceptors (Lipinski definition) is 2. The Morgan fingerprint density at radius 2 is 1.94 bits per heavy atom. The van der Waals surface area contributed by atoms with Crippen LogP contribution in [-0.4, -0.2) is 31.5 Å². The lowest BCUT2D eigenvalue weighted by Gasteiger charge is -2.31. The fourth-order valence-corrected chi connectivity index (χ4v) is 2.91. The maximum absolute atomic E-state index is 12.5. The molecule has 5 heteroatoms. The number of alkyl halides is 3. The van der Waals surface area contributed by atoms with Crippen LogP contribution in [-0.2, 0) is 4.74 Å². The number of rotatable bonds is 4. The smallest absolute Gasteiger partial charge is 0.378 e. The Balaban J connectivity index is 1.58. The van der Waals surface area contributed by atoms with E-state index < -0.39 is 12.1 Å². The fourth-order valence-electron chi connectivity index (χ4n) is 2.91. The van der Waals surface area contributed by atoms with E-state index in [0.29, 0.717) is 12.5 Å². The van der Waals surface area contributed by atoms with Gasteiger partial charge in [0.15, 0.2) is 0 Å². The van der Waals surface area contributed by atoms with Gasteiger partial charge in [0.1, 0.15) is 0 Å². The van der Waals surface area contributed by atoms with Crippen LogP contribution in [0.25, 0.3) is 0 Å². The Bertz CT molecular complexity index is 243. The molecular formula is C13H22F3NO. The zero-order valence-electron chi connectivity index (χ0n) is 10.6. The van der Waals surface area contributed by atoms with E-state index in [1.54, 1.807) is 0 Å². The molecule has 0 aromatic carbocycles. The summed E-state index contributed by atoms with van der Waals surface area (Å²) in [5.41, 5.74) is 0. The molecule has 2 aliphatic heterocycles. The Kier molecular flexibility index (Phi) is 4.90. The molecular weight excluding hydrogens is 243 g/mol. The van der Waals surface area contributed by atoms with Gasteiger partial charge in [-0.1, -0.05) is 0 Å². The van der Waals surface area contributed by atoms with E-state index in [1.807, 2.05) is 0 Å². The van der Waals surface area contributed by atoms with Crippen molar-refractivity contribution in [3.05, 3.63) is 0 Å². The van der Waals surface area contributed by atoms with E-state index in [4.69, 9.17) is 4.74 Å². The highest BCUT2D eigenvalue weighted by molar-refractivity contribution is 4.81. The maximum Gasteiger partial charge on any atom is 0.393 e. The minimum absolute atomic E-state index is 0.0914. The summed E-state index contributed by atoms with van der Waals surface area (Å²) in [6, 6.07) is 0.269. The second-order valence-corrected chi connectivity index (χ2v) is 5.49. The van der Waals surface area contributed by atoms with E-state index in [2.05, 4.69) is 5.32 Å². The van der Waals surface area contributed by atoms with Crippen molar-refractivity contribution < 1.29 is 17.9 Å². The third-order valence-corrected chi connectivity index (χ3v) is 4.08. The minimum Gasteiger partial charge on any atom is -0.378 e. The van der Waals surface area contributed by atoms with Crippen molar-refractivity contribution in [1.82, 2.24) is 5.32 Å². The zero-order valence-corrected chi connectivity index (χ0v) is 10.6. The van der Waals surface area contributed by atoms with Crippen LogP contribution in [0.3, 0.4) is 0 Å². The molecule has 18 heavy (non-hydrogen) atoms. The quantitative estimate of drug-likeness (QED) is 0.842. The van der Waals surface area contributed by atoms with Crippen molar-refractivity contribution in [2.75, 3.05) is 13.2 Å². The normalized spacial score (nSPS) is 33.8. The average Bonchev–Trinajstić information content (AvgIpc) is 2.82. The van der Waals surface area contributed by atoms with Crippen LogP contribution in [0.15, 0.2) is 0 Å². The van der Waals surface area contributed by atoms with Crippen LogP contribution in [0.5, 0.6) is 0 Å². The van der Waals surface area contributed by atoms with Gasteiger partial charge >= 0.3 is 6.18 Å². The molecule has 3 unspecified atom stereocenters. The lowest BCUT2D eigenvalue weighted by Crippen LogP contribution is -2.44.